The molecule has 0 aliphatic carbocycles. The van der Waals surface area contributed by atoms with Gasteiger partial charge in [0.05, 0.1) is 0 Å². The van der Waals surface area contributed by atoms with Gasteiger partial charge in [-0.2, -0.15) is 0 Å². The third kappa shape index (κ3) is 9.46. The van der Waals surface area contributed by atoms with Crippen LogP contribution in [0.3, 0.4) is 0 Å². The van der Waals surface area contributed by atoms with Crippen LogP contribution < -0.4 is 21.2 Å². The maximum Gasteiger partial charge on any atom is 0.185 e. The summed E-state index contributed by atoms with van der Waals surface area (Å²) in [5.41, 5.74) is 0. The summed E-state index contributed by atoms with van der Waals surface area (Å²) in [6, 6.07) is 38.3. The minimum absolute atomic E-state index is 0.223. The van der Waals surface area contributed by atoms with E-state index < -0.39 is 12.1 Å². The number of carbonyl (C=O) groups excluding carboxylic acids is 1. The lowest BCUT2D eigenvalue weighted by Gasteiger charge is -2.30. The highest BCUT2D eigenvalue weighted by Gasteiger charge is 2.30. The minimum atomic E-state index is -2.33. The molecule has 0 unspecified atom stereocenters. The Morgan fingerprint density at radius 3 is 1.37 bits per heavy atom. The molecular formula is C37H42OP2S3. The molecule has 0 fully saturated rings. The molecule has 0 amide bonds. The van der Waals surface area contributed by atoms with Gasteiger partial charge in [0, 0.05) is 24.8 Å². The first-order valence-corrected chi connectivity index (χ1v) is 21.9. The van der Waals surface area contributed by atoms with Crippen molar-refractivity contribution in [3.63, 3.8) is 0 Å². The molecule has 0 aliphatic rings. The van der Waals surface area contributed by atoms with Crippen LogP contribution in [0.25, 0.3) is 0 Å². The second-order valence-electron chi connectivity index (χ2n) is 10.8. The number of hydrogen-bond acceptors (Lipinski definition) is 4. The molecule has 0 heterocycles. The lowest BCUT2D eigenvalue weighted by atomic mass is 10.1. The Morgan fingerprint density at radius 1 is 0.581 bits per heavy atom. The second kappa shape index (κ2) is 17.4. The van der Waals surface area contributed by atoms with Crippen molar-refractivity contribution >= 4 is 73.8 Å². The molecule has 4 rings (SSSR count). The van der Waals surface area contributed by atoms with E-state index in [1.807, 2.05) is 0 Å². The number of carbonyl (C=O) groups is 1. The largest absolute Gasteiger partial charge is 0.288 e. The van der Waals surface area contributed by atoms with E-state index in [1.165, 1.54) is 70.4 Å². The van der Waals surface area contributed by atoms with Gasteiger partial charge in [0.1, 0.15) is 0 Å². The zero-order valence-electron chi connectivity index (χ0n) is 25.0. The lowest BCUT2D eigenvalue weighted by molar-refractivity contribution is -0.109. The van der Waals surface area contributed by atoms with Crippen LogP contribution in [0.2, 0.25) is 0 Å². The Kier molecular flexibility index (Phi) is 13.7. The van der Waals surface area contributed by atoms with Crippen molar-refractivity contribution in [3.8, 4) is 0 Å². The third-order valence-electron chi connectivity index (χ3n) is 7.64. The Labute approximate surface area is 273 Å². The monoisotopic (exact) mass is 660 g/mol. The number of unbranched alkanes of at least 4 members (excludes halogenated alkanes) is 6. The average molecular weight is 661 g/mol. The van der Waals surface area contributed by atoms with E-state index in [1.54, 1.807) is 6.92 Å². The van der Waals surface area contributed by atoms with E-state index in [0.717, 1.165) is 25.0 Å². The Bertz CT molecular complexity index is 1450. The Morgan fingerprint density at radius 2 is 0.953 bits per heavy atom. The Balaban J connectivity index is 1.68. The molecule has 4 aromatic carbocycles. The standard InChI is InChI=1S/C37H42OP2S3/c1-32(38)43-30-20-6-4-2-3-5-11-29-37(40(42,35-25-16-9-17-26-35)36-27-18-10-19-28-36)31-39(41,33-21-12-7-13-22-33)34-23-14-8-15-24-34/h7-10,12-19,21-28,31H,2-6,11,20,29-30H2,1H3/b37-31-. The number of rotatable bonds is 16. The number of allylic oxidation sites excluding steroid dienone is 1. The predicted molar refractivity (Wildman–Crippen MR) is 201 cm³/mol. The molecule has 224 valence electrons. The molecule has 0 atom stereocenters. The van der Waals surface area contributed by atoms with Crippen LogP contribution in [-0.4, -0.2) is 10.9 Å². The summed E-state index contributed by atoms with van der Waals surface area (Å²) in [7, 11) is 0. The summed E-state index contributed by atoms with van der Waals surface area (Å²) in [6.07, 6.45) is 9.24. The van der Waals surface area contributed by atoms with Crippen LogP contribution in [-0.2, 0) is 28.4 Å². The van der Waals surface area contributed by atoms with Gasteiger partial charge in [-0.15, -0.1) is 0 Å². The summed E-state index contributed by atoms with van der Waals surface area (Å²) < 4.78 is 0. The molecule has 0 bridgehead atoms. The molecule has 0 spiro atoms. The molecule has 0 radical (unpaired) electrons. The quantitative estimate of drug-likeness (QED) is 0.0879. The molecule has 0 aliphatic heterocycles. The average Bonchev–Trinajstić information content (AvgIpc) is 3.06. The maximum absolute atomic E-state index is 11.2. The van der Waals surface area contributed by atoms with Crippen molar-refractivity contribution in [1.29, 1.82) is 0 Å². The zero-order valence-corrected chi connectivity index (χ0v) is 29.3. The minimum Gasteiger partial charge on any atom is -0.288 e. The topological polar surface area (TPSA) is 17.1 Å². The summed E-state index contributed by atoms with van der Waals surface area (Å²) in [5.74, 6) is 3.42. The highest BCUT2D eigenvalue weighted by Crippen LogP contribution is 2.59. The summed E-state index contributed by atoms with van der Waals surface area (Å²) >= 11 is 15.1. The van der Waals surface area contributed by atoms with Crippen molar-refractivity contribution in [3.05, 3.63) is 132 Å². The summed E-state index contributed by atoms with van der Waals surface area (Å²) in [6.45, 7) is 1.65. The fraction of sp³-hybridized carbons (Fsp3) is 0.270. The Hall–Kier alpha value is -2.06. The van der Waals surface area contributed by atoms with Gasteiger partial charge >= 0.3 is 0 Å². The van der Waals surface area contributed by atoms with Crippen LogP contribution in [0.1, 0.15) is 58.3 Å². The molecule has 0 aromatic heterocycles. The summed E-state index contributed by atoms with van der Waals surface area (Å²) in [4.78, 5) is 11.2. The number of hydrogen-bond donors (Lipinski definition) is 0. The van der Waals surface area contributed by atoms with E-state index in [4.69, 9.17) is 23.6 Å². The molecule has 6 heteroatoms. The van der Waals surface area contributed by atoms with Crippen molar-refractivity contribution in [2.45, 2.75) is 58.3 Å². The fourth-order valence-corrected chi connectivity index (χ4v) is 14.9. The SMILES string of the molecule is CC(=O)SCCCCCCCCC/C(=C/P(=S)(c1ccccc1)c1ccccc1)P(=S)(c1ccccc1)c1ccccc1. The van der Waals surface area contributed by atoms with Crippen molar-refractivity contribution in [2.75, 3.05) is 5.75 Å². The van der Waals surface area contributed by atoms with Gasteiger partial charge in [0.25, 0.3) is 0 Å². The first-order chi connectivity index (χ1) is 20.9. The number of benzene rings is 4. The molecular weight excluding hydrogens is 619 g/mol. The first-order valence-electron chi connectivity index (χ1n) is 15.2. The van der Waals surface area contributed by atoms with E-state index in [2.05, 4.69) is 127 Å². The van der Waals surface area contributed by atoms with Crippen molar-refractivity contribution in [1.82, 2.24) is 0 Å². The lowest BCUT2D eigenvalue weighted by Crippen LogP contribution is -2.19. The van der Waals surface area contributed by atoms with E-state index in [9.17, 15) is 4.79 Å². The summed E-state index contributed by atoms with van der Waals surface area (Å²) in [5, 5.41) is 6.44. The van der Waals surface area contributed by atoms with Crippen LogP contribution in [0.15, 0.2) is 132 Å². The highest BCUT2D eigenvalue weighted by atomic mass is 32.4. The van der Waals surface area contributed by atoms with Crippen LogP contribution >= 0.6 is 23.8 Å². The molecule has 0 saturated heterocycles. The van der Waals surface area contributed by atoms with Gasteiger partial charge in [-0.25, -0.2) is 0 Å². The highest BCUT2D eigenvalue weighted by molar-refractivity contribution is 8.25. The van der Waals surface area contributed by atoms with Crippen molar-refractivity contribution in [2.24, 2.45) is 0 Å². The van der Waals surface area contributed by atoms with E-state index in [0.29, 0.717) is 0 Å². The van der Waals surface area contributed by atoms with E-state index in [-0.39, 0.29) is 5.12 Å². The number of thioether (sulfide) groups is 1. The zero-order chi connectivity index (χ0) is 30.4. The molecule has 1 nitrogen and oxygen atoms in total. The first kappa shape index (κ1) is 33.8. The normalized spacial score (nSPS) is 12.3. The molecule has 0 saturated carbocycles. The van der Waals surface area contributed by atoms with E-state index >= 15 is 0 Å². The third-order valence-corrected chi connectivity index (χ3v) is 18.3. The second-order valence-corrected chi connectivity index (χ2v) is 20.9. The van der Waals surface area contributed by atoms with Gasteiger partial charge < -0.3 is 0 Å². The van der Waals surface area contributed by atoms with Crippen LogP contribution in [0.5, 0.6) is 0 Å². The molecule has 4 aromatic rings. The van der Waals surface area contributed by atoms with Gasteiger partial charge in [0.2, 0.25) is 0 Å². The van der Waals surface area contributed by atoms with Gasteiger partial charge in [-0.3, -0.25) is 4.79 Å². The van der Waals surface area contributed by atoms with Gasteiger partial charge in [-0.1, -0.05) is 189 Å². The predicted octanol–water partition coefficient (Wildman–Crippen LogP) is 9.49. The van der Waals surface area contributed by atoms with Crippen LogP contribution in [0, 0.1) is 0 Å². The van der Waals surface area contributed by atoms with Gasteiger partial charge in [-0.05, 0) is 51.6 Å². The molecule has 0 N–H and O–H groups in total. The molecule has 43 heavy (non-hydrogen) atoms. The fourth-order valence-electron chi connectivity index (χ4n) is 5.37. The van der Waals surface area contributed by atoms with Crippen molar-refractivity contribution < 1.29 is 4.79 Å². The maximum atomic E-state index is 11.2. The van der Waals surface area contributed by atoms with Gasteiger partial charge in [0.15, 0.2) is 5.12 Å². The van der Waals surface area contributed by atoms with Crippen LogP contribution in [0.4, 0.5) is 0 Å². The smallest absolute Gasteiger partial charge is 0.185 e.